The Morgan fingerprint density at radius 1 is 1.00 bits per heavy atom. The zero-order valence-electron chi connectivity index (χ0n) is 12.4. The zero-order valence-corrected chi connectivity index (χ0v) is 12.4. The predicted octanol–water partition coefficient (Wildman–Crippen LogP) is 4.55. The molecule has 2 aromatic rings. The molecule has 0 aliphatic heterocycles. The molecule has 0 bridgehead atoms. The monoisotopic (exact) mass is 265 g/mol. The number of hydrogen-bond acceptors (Lipinski definition) is 1. The third-order valence-corrected chi connectivity index (χ3v) is 4.55. The third kappa shape index (κ3) is 2.51. The molecule has 1 N–H and O–H groups in total. The van der Waals surface area contributed by atoms with E-state index in [0.29, 0.717) is 5.92 Å². The average molecular weight is 265 g/mol. The van der Waals surface area contributed by atoms with Gasteiger partial charge >= 0.3 is 0 Å². The van der Waals surface area contributed by atoms with E-state index in [9.17, 15) is 0 Å². The molecule has 0 radical (unpaired) electrons. The van der Waals surface area contributed by atoms with Gasteiger partial charge in [-0.3, -0.25) is 0 Å². The standard InChI is InChI=1S/C19H23N/c1-14-12-17(10-11-20-2)18-9-8-16(13-19(14)18)15-6-4-3-5-7-15/h3-9,13-14,17,20H,10-12H2,1-2H3/t14-,17?/m1/s1. The Labute approximate surface area is 122 Å². The Balaban J connectivity index is 1.92. The first-order chi connectivity index (χ1) is 9.79. The zero-order chi connectivity index (χ0) is 13.9. The summed E-state index contributed by atoms with van der Waals surface area (Å²) in [5.74, 6) is 1.42. The summed E-state index contributed by atoms with van der Waals surface area (Å²) in [4.78, 5) is 0. The van der Waals surface area contributed by atoms with Crippen molar-refractivity contribution in [3.05, 3.63) is 59.7 Å². The van der Waals surface area contributed by atoms with Crippen LogP contribution in [0.4, 0.5) is 0 Å². The fraction of sp³-hybridized carbons (Fsp3) is 0.368. The second kappa shape index (κ2) is 5.80. The topological polar surface area (TPSA) is 12.0 Å². The molecule has 1 unspecified atom stereocenters. The highest BCUT2D eigenvalue weighted by Crippen LogP contribution is 2.44. The third-order valence-electron chi connectivity index (χ3n) is 4.55. The van der Waals surface area contributed by atoms with Crippen molar-refractivity contribution in [3.8, 4) is 11.1 Å². The lowest BCUT2D eigenvalue weighted by Crippen LogP contribution is -2.10. The minimum Gasteiger partial charge on any atom is -0.320 e. The van der Waals surface area contributed by atoms with Crippen molar-refractivity contribution in [1.82, 2.24) is 5.32 Å². The van der Waals surface area contributed by atoms with Gasteiger partial charge in [-0.25, -0.2) is 0 Å². The van der Waals surface area contributed by atoms with Crippen LogP contribution in [-0.4, -0.2) is 13.6 Å². The molecule has 1 nitrogen and oxygen atoms in total. The van der Waals surface area contributed by atoms with Crippen molar-refractivity contribution < 1.29 is 0 Å². The molecule has 0 saturated carbocycles. The van der Waals surface area contributed by atoms with Gasteiger partial charge in [0.15, 0.2) is 0 Å². The summed E-state index contributed by atoms with van der Waals surface area (Å²) >= 11 is 0. The molecule has 0 amide bonds. The molecule has 0 heterocycles. The van der Waals surface area contributed by atoms with E-state index < -0.39 is 0 Å². The van der Waals surface area contributed by atoms with Gasteiger partial charge in [0.1, 0.15) is 0 Å². The second-order valence-electron chi connectivity index (χ2n) is 5.94. The Hall–Kier alpha value is -1.60. The molecule has 2 atom stereocenters. The lowest BCUT2D eigenvalue weighted by molar-refractivity contribution is 0.560. The van der Waals surface area contributed by atoms with Crippen LogP contribution in [0.2, 0.25) is 0 Å². The van der Waals surface area contributed by atoms with E-state index in [1.165, 1.54) is 24.0 Å². The Morgan fingerprint density at radius 2 is 1.80 bits per heavy atom. The quantitative estimate of drug-likeness (QED) is 0.855. The van der Waals surface area contributed by atoms with Crippen molar-refractivity contribution in [2.75, 3.05) is 13.6 Å². The molecule has 0 saturated heterocycles. The van der Waals surface area contributed by atoms with Crippen LogP contribution in [0.1, 0.15) is 42.7 Å². The average Bonchev–Trinajstić information content (AvgIpc) is 2.82. The highest BCUT2D eigenvalue weighted by Gasteiger charge is 2.27. The number of rotatable bonds is 4. The highest BCUT2D eigenvalue weighted by molar-refractivity contribution is 5.65. The summed E-state index contributed by atoms with van der Waals surface area (Å²) < 4.78 is 0. The summed E-state index contributed by atoms with van der Waals surface area (Å²) in [5.41, 5.74) is 5.81. The summed E-state index contributed by atoms with van der Waals surface area (Å²) in [7, 11) is 2.04. The lowest BCUT2D eigenvalue weighted by atomic mass is 9.95. The molecular formula is C19H23N. The van der Waals surface area contributed by atoms with Crippen LogP contribution in [0.5, 0.6) is 0 Å². The smallest absolute Gasteiger partial charge is 0.00461 e. The minimum absolute atomic E-state index is 0.690. The molecular weight excluding hydrogens is 242 g/mol. The SMILES string of the molecule is CNCCC1C[C@@H](C)c2cc(-c3ccccc3)ccc21. The number of nitrogens with one attached hydrogen (secondary N) is 1. The van der Waals surface area contributed by atoms with Gasteiger partial charge in [0.25, 0.3) is 0 Å². The van der Waals surface area contributed by atoms with E-state index in [4.69, 9.17) is 0 Å². The van der Waals surface area contributed by atoms with Crippen LogP contribution in [0.3, 0.4) is 0 Å². The maximum atomic E-state index is 3.28. The Morgan fingerprint density at radius 3 is 2.55 bits per heavy atom. The van der Waals surface area contributed by atoms with Crippen LogP contribution < -0.4 is 5.32 Å². The van der Waals surface area contributed by atoms with Crippen LogP contribution in [0.25, 0.3) is 11.1 Å². The van der Waals surface area contributed by atoms with Gasteiger partial charge < -0.3 is 5.32 Å². The van der Waals surface area contributed by atoms with Gasteiger partial charge in [-0.1, -0.05) is 55.5 Å². The van der Waals surface area contributed by atoms with E-state index in [-0.39, 0.29) is 0 Å². The molecule has 0 aromatic heterocycles. The summed E-state index contributed by atoms with van der Waals surface area (Å²) in [5, 5.41) is 3.28. The van der Waals surface area contributed by atoms with E-state index in [0.717, 1.165) is 12.5 Å². The second-order valence-corrected chi connectivity index (χ2v) is 5.94. The largest absolute Gasteiger partial charge is 0.320 e. The molecule has 1 aliphatic rings. The van der Waals surface area contributed by atoms with E-state index >= 15 is 0 Å². The maximum absolute atomic E-state index is 3.28. The van der Waals surface area contributed by atoms with Gasteiger partial charge in [-0.05, 0) is 60.5 Å². The van der Waals surface area contributed by atoms with Crippen molar-refractivity contribution in [2.24, 2.45) is 0 Å². The Bertz CT molecular complexity index is 574. The van der Waals surface area contributed by atoms with Crippen molar-refractivity contribution >= 4 is 0 Å². The minimum atomic E-state index is 0.690. The summed E-state index contributed by atoms with van der Waals surface area (Å²) in [6.07, 6.45) is 2.55. The number of fused-ring (bicyclic) bond motifs is 1. The fourth-order valence-electron chi connectivity index (χ4n) is 3.46. The van der Waals surface area contributed by atoms with Crippen LogP contribution >= 0.6 is 0 Å². The summed E-state index contributed by atoms with van der Waals surface area (Å²) in [6, 6.07) is 17.8. The van der Waals surface area contributed by atoms with Gasteiger partial charge in [0.2, 0.25) is 0 Å². The predicted molar refractivity (Wildman–Crippen MR) is 86.2 cm³/mol. The van der Waals surface area contributed by atoms with Gasteiger partial charge in [-0.2, -0.15) is 0 Å². The van der Waals surface area contributed by atoms with Crippen molar-refractivity contribution in [3.63, 3.8) is 0 Å². The number of hydrogen-bond donors (Lipinski definition) is 1. The van der Waals surface area contributed by atoms with E-state index in [2.05, 4.69) is 60.8 Å². The molecule has 1 aliphatic carbocycles. The molecule has 0 spiro atoms. The Kier molecular flexibility index (Phi) is 3.88. The van der Waals surface area contributed by atoms with Crippen LogP contribution in [0.15, 0.2) is 48.5 Å². The highest BCUT2D eigenvalue weighted by atomic mass is 14.8. The first kappa shape index (κ1) is 13.4. The summed E-state index contributed by atoms with van der Waals surface area (Å²) in [6.45, 7) is 3.48. The van der Waals surface area contributed by atoms with Gasteiger partial charge in [-0.15, -0.1) is 0 Å². The number of benzene rings is 2. The molecule has 20 heavy (non-hydrogen) atoms. The first-order valence-electron chi connectivity index (χ1n) is 7.63. The molecule has 0 fully saturated rings. The lowest BCUT2D eigenvalue weighted by Gasteiger charge is -2.12. The normalized spacial score (nSPS) is 20.9. The van der Waals surface area contributed by atoms with Crippen molar-refractivity contribution in [2.45, 2.75) is 31.6 Å². The molecule has 1 heteroatoms. The van der Waals surface area contributed by atoms with E-state index in [1.807, 2.05) is 7.05 Å². The maximum Gasteiger partial charge on any atom is -0.00461 e. The van der Waals surface area contributed by atoms with Crippen LogP contribution in [0, 0.1) is 0 Å². The van der Waals surface area contributed by atoms with Crippen LogP contribution in [-0.2, 0) is 0 Å². The van der Waals surface area contributed by atoms with E-state index in [1.54, 1.807) is 11.1 Å². The molecule has 104 valence electrons. The van der Waals surface area contributed by atoms with Gasteiger partial charge in [0, 0.05) is 0 Å². The molecule has 3 rings (SSSR count). The van der Waals surface area contributed by atoms with Crippen molar-refractivity contribution in [1.29, 1.82) is 0 Å². The molecule has 2 aromatic carbocycles. The van der Waals surface area contributed by atoms with Gasteiger partial charge in [0.05, 0.1) is 0 Å². The first-order valence-corrected chi connectivity index (χ1v) is 7.63. The fourth-order valence-corrected chi connectivity index (χ4v) is 3.46.